The normalized spacial score (nSPS) is 21.1. The fourth-order valence-corrected chi connectivity index (χ4v) is 5.24. The van der Waals surface area contributed by atoms with Crippen molar-refractivity contribution in [2.75, 3.05) is 11.4 Å². The Morgan fingerprint density at radius 2 is 1.39 bits per heavy atom. The first-order chi connectivity index (χ1) is 13.3. The molecule has 0 saturated carbocycles. The van der Waals surface area contributed by atoms with E-state index >= 15 is 0 Å². The van der Waals surface area contributed by atoms with Crippen molar-refractivity contribution >= 4 is 5.69 Å². The molecule has 1 saturated heterocycles. The fraction of sp³-hybridized carbons (Fsp3) is 0.333. The van der Waals surface area contributed by atoms with E-state index in [-0.39, 0.29) is 11.0 Å². The molecule has 0 radical (unpaired) electrons. The number of aryl methyl sites for hydroxylation is 2. The zero-order valence-corrected chi connectivity index (χ0v) is 17.8. The molecule has 1 heterocycles. The van der Waals surface area contributed by atoms with Crippen LogP contribution >= 0.6 is 0 Å². The highest BCUT2D eigenvalue weighted by atomic mass is 15.2. The van der Waals surface area contributed by atoms with E-state index in [1.54, 1.807) is 0 Å². The largest absolute Gasteiger partial charge is 0.365 e. The Labute approximate surface area is 170 Å². The molecule has 1 fully saturated rings. The van der Waals surface area contributed by atoms with Gasteiger partial charge in [-0.15, -0.1) is 0 Å². The van der Waals surface area contributed by atoms with Gasteiger partial charge in [-0.05, 0) is 56.9 Å². The first-order valence-corrected chi connectivity index (χ1v) is 10.3. The summed E-state index contributed by atoms with van der Waals surface area (Å²) in [5.74, 6) is 0. The Hall–Kier alpha value is -2.54. The first-order valence-electron chi connectivity index (χ1n) is 10.3. The lowest BCUT2D eigenvalue weighted by atomic mass is 9.78. The molecule has 1 atom stereocenters. The summed E-state index contributed by atoms with van der Waals surface area (Å²) in [4.78, 5) is 2.66. The predicted molar refractivity (Wildman–Crippen MR) is 121 cm³/mol. The van der Waals surface area contributed by atoms with Gasteiger partial charge in [-0.25, -0.2) is 0 Å². The summed E-state index contributed by atoms with van der Waals surface area (Å²) in [5, 5.41) is 0. The summed E-state index contributed by atoms with van der Waals surface area (Å²) in [7, 11) is 0. The molecular weight excluding hydrogens is 338 g/mol. The standard InChI is InChI=1S/C27H31N/c1-20-16-21(2)25(24(17-20)22-12-8-6-9-13-22)28-19-27(5,18-26(28,3)4)23-14-10-7-11-15-23/h6-17H,18-19H2,1-5H3/t27-/m0/s1. The van der Waals surface area contributed by atoms with Gasteiger partial charge in [-0.2, -0.15) is 0 Å². The van der Waals surface area contributed by atoms with Crippen LogP contribution in [0, 0.1) is 13.8 Å². The number of anilines is 1. The summed E-state index contributed by atoms with van der Waals surface area (Å²) in [6.45, 7) is 12.7. The average Bonchev–Trinajstić information content (AvgIpc) is 2.92. The summed E-state index contributed by atoms with van der Waals surface area (Å²) in [6, 6.07) is 26.6. The van der Waals surface area contributed by atoms with E-state index in [2.05, 4.69) is 112 Å². The van der Waals surface area contributed by atoms with E-state index in [1.165, 1.54) is 33.5 Å². The molecule has 3 aromatic rings. The SMILES string of the molecule is Cc1cc(C)c(N2C[C@@](C)(c3ccccc3)CC2(C)C)c(-c2ccccc2)c1. The van der Waals surface area contributed by atoms with Crippen LogP contribution in [0.25, 0.3) is 11.1 Å². The molecule has 28 heavy (non-hydrogen) atoms. The number of rotatable bonds is 3. The van der Waals surface area contributed by atoms with Crippen LogP contribution in [0.3, 0.4) is 0 Å². The quantitative estimate of drug-likeness (QED) is 0.484. The van der Waals surface area contributed by atoms with Crippen molar-refractivity contribution in [3.8, 4) is 11.1 Å². The van der Waals surface area contributed by atoms with Crippen molar-refractivity contribution in [3.05, 3.63) is 89.5 Å². The summed E-state index contributed by atoms with van der Waals surface area (Å²) < 4.78 is 0. The summed E-state index contributed by atoms with van der Waals surface area (Å²) in [5.41, 5.74) is 8.41. The van der Waals surface area contributed by atoms with Gasteiger partial charge in [0.15, 0.2) is 0 Å². The van der Waals surface area contributed by atoms with E-state index in [4.69, 9.17) is 0 Å². The average molecular weight is 370 g/mol. The Bertz CT molecular complexity index is 972. The van der Waals surface area contributed by atoms with Crippen LogP contribution in [0.1, 0.15) is 43.9 Å². The molecule has 0 spiro atoms. The third kappa shape index (κ3) is 3.24. The van der Waals surface area contributed by atoms with Crippen molar-refractivity contribution in [3.63, 3.8) is 0 Å². The molecule has 1 heteroatoms. The van der Waals surface area contributed by atoms with Crippen LogP contribution in [0.2, 0.25) is 0 Å². The van der Waals surface area contributed by atoms with Crippen molar-refractivity contribution < 1.29 is 0 Å². The van der Waals surface area contributed by atoms with Gasteiger partial charge in [0.2, 0.25) is 0 Å². The van der Waals surface area contributed by atoms with Crippen LogP contribution in [-0.2, 0) is 5.41 Å². The van der Waals surface area contributed by atoms with Crippen molar-refractivity contribution in [2.45, 2.75) is 52.0 Å². The Balaban J connectivity index is 1.85. The molecule has 0 amide bonds. The lowest BCUT2D eigenvalue weighted by Gasteiger charge is -2.36. The molecule has 144 valence electrons. The maximum atomic E-state index is 2.66. The van der Waals surface area contributed by atoms with E-state index < -0.39 is 0 Å². The zero-order valence-electron chi connectivity index (χ0n) is 17.8. The van der Waals surface area contributed by atoms with Gasteiger partial charge in [0, 0.05) is 28.7 Å². The Morgan fingerprint density at radius 1 is 0.786 bits per heavy atom. The van der Waals surface area contributed by atoms with Crippen LogP contribution in [0.5, 0.6) is 0 Å². The molecule has 0 unspecified atom stereocenters. The summed E-state index contributed by atoms with van der Waals surface area (Å²) in [6.07, 6.45) is 1.14. The van der Waals surface area contributed by atoms with E-state index in [0.29, 0.717) is 0 Å². The van der Waals surface area contributed by atoms with E-state index in [0.717, 1.165) is 13.0 Å². The molecule has 1 aliphatic rings. The van der Waals surface area contributed by atoms with Gasteiger partial charge < -0.3 is 4.90 Å². The lowest BCUT2D eigenvalue weighted by Crippen LogP contribution is -2.39. The van der Waals surface area contributed by atoms with E-state index in [9.17, 15) is 0 Å². The predicted octanol–water partition coefficient (Wildman–Crippen LogP) is 6.92. The number of nitrogens with zero attached hydrogens (tertiary/aromatic N) is 1. The van der Waals surface area contributed by atoms with Crippen molar-refractivity contribution in [2.24, 2.45) is 0 Å². The van der Waals surface area contributed by atoms with Gasteiger partial charge in [0.05, 0.1) is 0 Å². The second-order valence-electron chi connectivity index (χ2n) is 9.35. The van der Waals surface area contributed by atoms with Crippen LogP contribution in [0.4, 0.5) is 5.69 Å². The molecule has 1 nitrogen and oxygen atoms in total. The van der Waals surface area contributed by atoms with Gasteiger partial charge in [-0.3, -0.25) is 0 Å². The van der Waals surface area contributed by atoms with Crippen LogP contribution in [-0.4, -0.2) is 12.1 Å². The molecule has 4 rings (SSSR count). The number of benzene rings is 3. The zero-order chi connectivity index (χ0) is 19.9. The molecular formula is C27H31N. The monoisotopic (exact) mass is 369 g/mol. The third-order valence-corrected chi connectivity index (χ3v) is 6.33. The van der Waals surface area contributed by atoms with Crippen molar-refractivity contribution in [1.82, 2.24) is 0 Å². The lowest BCUT2D eigenvalue weighted by molar-refractivity contribution is 0.445. The Kier molecular flexibility index (Phi) is 4.57. The first kappa shape index (κ1) is 18.8. The van der Waals surface area contributed by atoms with Gasteiger partial charge in [0.25, 0.3) is 0 Å². The molecule has 0 N–H and O–H groups in total. The number of hydrogen-bond acceptors (Lipinski definition) is 1. The molecule has 0 bridgehead atoms. The van der Waals surface area contributed by atoms with Crippen LogP contribution < -0.4 is 4.90 Å². The van der Waals surface area contributed by atoms with E-state index in [1.807, 2.05) is 0 Å². The third-order valence-electron chi connectivity index (χ3n) is 6.33. The maximum Gasteiger partial charge on any atom is 0.0480 e. The molecule has 1 aliphatic heterocycles. The minimum Gasteiger partial charge on any atom is -0.365 e. The van der Waals surface area contributed by atoms with Crippen molar-refractivity contribution in [1.29, 1.82) is 0 Å². The Morgan fingerprint density at radius 3 is 2.04 bits per heavy atom. The van der Waals surface area contributed by atoms with Crippen LogP contribution in [0.15, 0.2) is 72.8 Å². The smallest absolute Gasteiger partial charge is 0.0480 e. The fourth-order valence-electron chi connectivity index (χ4n) is 5.24. The second-order valence-corrected chi connectivity index (χ2v) is 9.35. The topological polar surface area (TPSA) is 3.24 Å². The highest BCUT2D eigenvalue weighted by Gasteiger charge is 2.47. The molecule has 3 aromatic carbocycles. The highest BCUT2D eigenvalue weighted by Crippen LogP contribution is 2.49. The minimum absolute atomic E-state index is 0.0914. The maximum absolute atomic E-state index is 2.66. The second kappa shape index (κ2) is 6.81. The number of hydrogen-bond donors (Lipinski definition) is 0. The highest BCUT2D eigenvalue weighted by molar-refractivity contribution is 5.82. The molecule has 0 aliphatic carbocycles. The summed E-state index contributed by atoms with van der Waals surface area (Å²) >= 11 is 0. The molecule has 0 aromatic heterocycles. The van der Waals surface area contributed by atoms with Gasteiger partial charge in [0.1, 0.15) is 0 Å². The van der Waals surface area contributed by atoms with Gasteiger partial charge >= 0.3 is 0 Å². The van der Waals surface area contributed by atoms with Gasteiger partial charge in [-0.1, -0.05) is 79.2 Å². The minimum atomic E-state index is 0.0914.